The van der Waals surface area contributed by atoms with Crippen molar-refractivity contribution in [3.05, 3.63) is 28.8 Å². The molecule has 0 bridgehead atoms. The van der Waals surface area contributed by atoms with Gasteiger partial charge >= 0.3 is 6.18 Å². The molecule has 0 radical (unpaired) electrons. The van der Waals surface area contributed by atoms with Gasteiger partial charge in [-0.3, -0.25) is 0 Å². The summed E-state index contributed by atoms with van der Waals surface area (Å²) < 4.78 is 37.9. The molecule has 0 aliphatic carbocycles. The van der Waals surface area contributed by atoms with Crippen LogP contribution < -0.4 is 5.32 Å². The second kappa shape index (κ2) is 7.39. The molecule has 0 atom stereocenters. The lowest BCUT2D eigenvalue weighted by Gasteiger charge is -2.24. The molecule has 0 aliphatic rings. The van der Waals surface area contributed by atoms with Crippen LogP contribution in [0.15, 0.2) is 18.2 Å². The van der Waals surface area contributed by atoms with Crippen molar-refractivity contribution in [1.82, 2.24) is 0 Å². The molecule has 1 nitrogen and oxygen atoms in total. The van der Waals surface area contributed by atoms with Gasteiger partial charge in [0.05, 0.1) is 16.3 Å². The molecule has 1 aromatic carbocycles. The smallest absolute Gasteiger partial charge is 0.381 e. The first kappa shape index (κ1) is 18.1. The number of hydrogen-bond acceptors (Lipinski definition) is 1. The second-order valence-electron chi connectivity index (χ2n) is 6.29. The third-order valence-corrected chi connectivity index (χ3v) is 3.48. The van der Waals surface area contributed by atoms with Crippen molar-refractivity contribution in [3.8, 4) is 0 Å². The van der Waals surface area contributed by atoms with E-state index in [4.69, 9.17) is 11.6 Å². The lowest BCUT2D eigenvalue weighted by molar-refractivity contribution is -0.137. The van der Waals surface area contributed by atoms with Gasteiger partial charge in [0.1, 0.15) is 0 Å². The van der Waals surface area contributed by atoms with Gasteiger partial charge in [0, 0.05) is 6.04 Å². The Balaban J connectivity index is 2.88. The first-order chi connectivity index (χ1) is 9.59. The molecule has 0 amide bonds. The predicted molar refractivity (Wildman–Crippen MR) is 82.8 cm³/mol. The third kappa shape index (κ3) is 6.16. The molecule has 5 heteroatoms. The summed E-state index contributed by atoms with van der Waals surface area (Å²) in [6.07, 6.45) is -2.46. The topological polar surface area (TPSA) is 12.0 Å². The summed E-state index contributed by atoms with van der Waals surface area (Å²) in [5.41, 5.74) is -0.154. The highest BCUT2D eigenvalue weighted by Crippen LogP contribution is 2.34. The zero-order valence-corrected chi connectivity index (χ0v) is 13.6. The van der Waals surface area contributed by atoms with Crippen LogP contribution in [0, 0.1) is 11.8 Å². The molecule has 0 aliphatic heterocycles. The molecule has 0 heterocycles. The number of hydrogen-bond donors (Lipinski definition) is 1. The van der Waals surface area contributed by atoms with Crippen LogP contribution in [0.25, 0.3) is 0 Å². The fourth-order valence-corrected chi connectivity index (χ4v) is 2.62. The van der Waals surface area contributed by atoms with E-state index in [1.165, 1.54) is 6.07 Å². The van der Waals surface area contributed by atoms with E-state index in [9.17, 15) is 13.2 Å². The van der Waals surface area contributed by atoms with E-state index >= 15 is 0 Å². The maximum Gasteiger partial charge on any atom is 0.416 e. The summed E-state index contributed by atoms with van der Waals surface area (Å²) in [4.78, 5) is 0. The molecule has 120 valence electrons. The van der Waals surface area contributed by atoms with E-state index in [1.807, 2.05) is 0 Å². The predicted octanol–water partition coefficient (Wildman–Crippen LogP) is 6.23. The lowest BCUT2D eigenvalue weighted by atomic mass is 9.95. The van der Waals surface area contributed by atoms with Crippen molar-refractivity contribution in [2.75, 3.05) is 5.32 Å². The molecule has 1 rings (SSSR count). The molecule has 0 saturated carbocycles. The van der Waals surface area contributed by atoms with Crippen LogP contribution in [0.5, 0.6) is 0 Å². The standard InChI is InChI=1S/C16H23ClF3N/c1-10(2)7-13(8-11(3)4)21-15-6-5-12(9-14(15)17)16(18,19)20/h5-6,9-11,13,21H,7-8H2,1-4H3. The average molecular weight is 322 g/mol. The molecule has 0 fully saturated rings. The van der Waals surface area contributed by atoms with Gasteiger partial charge in [-0.1, -0.05) is 39.3 Å². The Morgan fingerprint density at radius 1 is 1.05 bits per heavy atom. The summed E-state index contributed by atoms with van der Waals surface area (Å²) in [5, 5.41) is 3.40. The third-order valence-electron chi connectivity index (χ3n) is 3.17. The minimum Gasteiger partial charge on any atom is -0.381 e. The van der Waals surface area contributed by atoms with Crippen LogP contribution in [0.1, 0.15) is 46.1 Å². The Hall–Kier alpha value is -0.900. The van der Waals surface area contributed by atoms with Gasteiger partial charge in [-0.25, -0.2) is 0 Å². The molecule has 0 unspecified atom stereocenters. The molecule has 1 N–H and O–H groups in total. The Morgan fingerprint density at radius 3 is 1.95 bits per heavy atom. The molecule has 0 aromatic heterocycles. The van der Waals surface area contributed by atoms with E-state index in [1.54, 1.807) is 0 Å². The van der Waals surface area contributed by atoms with Crippen molar-refractivity contribution in [3.63, 3.8) is 0 Å². The quantitative estimate of drug-likeness (QED) is 0.654. The minimum atomic E-state index is -4.36. The van der Waals surface area contributed by atoms with Crippen LogP contribution in [-0.2, 0) is 6.18 Å². The Labute approximate surface area is 129 Å². The van der Waals surface area contributed by atoms with Crippen LogP contribution in [-0.4, -0.2) is 6.04 Å². The summed E-state index contributed by atoms with van der Waals surface area (Å²) >= 11 is 5.99. The number of anilines is 1. The number of nitrogens with one attached hydrogen (secondary N) is 1. The summed E-state index contributed by atoms with van der Waals surface area (Å²) in [5.74, 6) is 1.02. The van der Waals surface area contributed by atoms with Crippen molar-refractivity contribution in [2.45, 2.75) is 52.8 Å². The minimum absolute atomic E-state index is 0.113. The lowest BCUT2D eigenvalue weighted by Crippen LogP contribution is -2.23. The van der Waals surface area contributed by atoms with E-state index in [2.05, 4.69) is 33.0 Å². The van der Waals surface area contributed by atoms with Crippen LogP contribution in [0.3, 0.4) is 0 Å². The molecular formula is C16H23ClF3N. The highest BCUT2D eigenvalue weighted by molar-refractivity contribution is 6.33. The van der Waals surface area contributed by atoms with Crippen LogP contribution in [0.2, 0.25) is 5.02 Å². The normalized spacial score (nSPS) is 12.5. The van der Waals surface area contributed by atoms with E-state index in [0.717, 1.165) is 25.0 Å². The van der Waals surface area contributed by atoms with Gasteiger partial charge in [-0.05, 0) is 42.9 Å². The SMILES string of the molecule is CC(C)CC(CC(C)C)Nc1ccc(C(F)(F)F)cc1Cl. The molecule has 0 saturated heterocycles. The van der Waals surface area contributed by atoms with Crippen molar-refractivity contribution >= 4 is 17.3 Å². The van der Waals surface area contributed by atoms with Crippen LogP contribution >= 0.6 is 11.6 Å². The summed E-state index contributed by atoms with van der Waals surface area (Å²) in [6.45, 7) is 8.51. The number of rotatable bonds is 6. The van der Waals surface area contributed by atoms with Gasteiger partial charge in [-0.2, -0.15) is 13.2 Å². The van der Waals surface area contributed by atoms with Gasteiger partial charge in [0.2, 0.25) is 0 Å². The van der Waals surface area contributed by atoms with Gasteiger partial charge in [-0.15, -0.1) is 0 Å². The zero-order chi connectivity index (χ0) is 16.2. The zero-order valence-electron chi connectivity index (χ0n) is 12.9. The van der Waals surface area contributed by atoms with Gasteiger partial charge in [0.25, 0.3) is 0 Å². The van der Waals surface area contributed by atoms with E-state index in [-0.39, 0.29) is 11.1 Å². The molecule has 21 heavy (non-hydrogen) atoms. The largest absolute Gasteiger partial charge is 0.416 e. The molecular weight excluding hydrogens is 299 g/mol. The Bertz CT molecular complexity index is 445. The monoisotopic (exact) mass is 321 g/mol. The average Bonchev–Trinajstić information content (AvgIpc) is 2.28. The number of halogens is 4. The summed E-state index contributed by atoms with van der Waals surface area (Å²) in [6, 6.07) is 3.67. The maximum atomic E-state index is 12.6. The maximum absolute atomic E-state index is 12.6. The summed E-state index contributed by atoms with van der Waals surface area (Å²) in [7, 11) is 0. The Morgan fingerprint density at radius 2 is 1.57 bits per heavy atom. The number of alkyl halides is 3. The van der Waals surface area contributed by atoms with Gasteiger partial charge in [0.15, 0.2) is 0 Å². The van der Waals surface area contributed by atoms with Crippen molar-refractivity contribution < 1.29 is 13.2 Å². The van der Waals surface area contributed by atoms with Crippen molar-refractivity contribution in [2.24, 2.45) is 11.8 Å². The van der Waals surface area contributed by atoms with Crippen molar-refractivity contribution in [1.29, 1.82) is 0 Å². The highest BCUT2D eigenvalue weighted by atomic mass is 35.5. The van der Waals surface area contributed by atoms with Gasteiger partial charge < -0.3 is 5.32 Å². The van der Waals surface area contributed by atoms with E-state index in [0.29, 0.717) is 17.5 Å². The first-order valence-electron chi connectivity index (χ1n) is 7.23. The van der Waals surface area contributed by atoms with E-state index < -0.39 is 11.7 Å². The fourth-order valence-electron chi connectivity index (χ4n) is 2.38. The first-order valence-corrected chi connectivity index (χ1v) is 7.60. The fraction of sp³-hybridized carbons (Fsp3) is 0.625. The number of benzene rings is 1. The van der Waals surface area contributed by atoms with Crippen LogP contribution in [0.4, 0.5) is 18.9 Å². The second-order valence-corrected chi connectivity index (χ2v) is 6.70. The Kier molecular flexibility index (Phi) is 6.39. The highest BCUT2D eigenvalue weighted by Gasteiger charge is 2.31. The molecule has 0 spiro atoms. The molecule has 1 aromatic rings.